The molecular weight excluding hydrogens is 444 g/mol. The number of halogens is 1. The van der Waals surface area contributed by atoms with Crippen molar-refractivity contribution in [3.63, 3.8) is 0 Å². The Morgan fingerprint density at radius 2 is 2.18 bits per heavy atom. The van der Waals surface area contributed by atoms with Gasteiger partial charge in [0.05, 0.1) is 24.8 Å². The van der Waals surface area contributed by atoms with Crippen LogP contribution >= 0.6 is 11.6 Å². The molecule has 1 saturated heterocycles. The van der Waals surface area contributed by atoms with Gasteiger partial charge in [-0.3, -0.25) is 9.36 Å². The summed E-state index contributed by atoms with van der Waals surface area (Å²) in [4.78, 5) is 26.2. The molecule has 33 heavy (non-hydrogen) atoms. The number of hydrogen-bond donors (Lipinski definition) is 3. The van der Waals surface area contributed by atoms with Crippen LogP contribution in [0.15, 0.2) is 36.9 Å². The minimum atomic E-state index is -0.783. The second-order valence-electron chi connectivity index (χ2n) is 8.57. The third kappa shape index (κ3) is 5.00. The van der Waals surface area contributed by atoms with Crippen LogP contribution in [0.2, 0.25) is 5.02 Å². The van der Waals surface area contributed by atoms with Crippen molar-refractivity contribution >= 4 is 23.5 Å². The number of aliphatic hydroxyl groups excluding tert-OH is 1. The van der Waals surface area contributed by atoms with Crippen molar-refractivity contribution in [3.05, 3.63) is 64.3 Å². The molecule has 1 amide bonds. The van der Waals surface area contributed by atoms with E-state index in [1.807, 2.05) is 26.8 Å². The van der Waals surface area contributed by atoms with Crippen molar-refractivity contribution in [2.75, 3.05) is 18.5 Å². The Morgan fingerprint density at radius 1 is 1.36 bits per heavy atom. The Hall–Kier alpha value is -3.01. The van der Waals surface area contributed by atoms with E-state index in [-0.39, 0.29) is 24.2 Å². The van der Waals surface area contributed by atoms with Gasteiger partial charge in [-0.05, 0) is 38.8 Å². The predicted octanol–water partition coefficient (Wildman–Crippen LogP) is 2.98. The predicted molar refractivity (Wildman–Crippen MR) is 125 cm³/mol. The lowest BCUT2D eigenvalue weighted by molar-refractivity contribution is 0.0906. The first-order valence-corrected chi connectivity index (χ1v) is 11.1. The Bertz CT molecular complexity index is 1160. The average molecular weight is 471 g/mol. The van der Waals surface area contributed by atoms with Crippen molar-refractivity contribution in [2.24, 2.45) is 0 Å². The van der Waals surface area contributed by atoms with Crippen LogP contribution in [0.1, 0.15) is 47.4 Å². The monoisotopic (exact) mass is 470 g/mol. The van der Waals surface area contributed by atoms with Gasteiger partial charge in [-0.2, -0.15) is 4.98 Å². The molecule has 1 aromatic carbocycles. The van der Waals surface area contributed by atoms with Gasteiger partial charge in [0.2, 0.25) is 5.95 Å². The van der Waals surface area contributed by atoms with Gasteiger partial charge in [0.25, 0.3) is 5.91 Å². The van der Waals surface area contributed by atoms with Crippen LogP contribution in [-0.4, -0.2) is 49.8 Å². The number of rotatable bonds is 7. The number of amides is 1. The number of nitrogens with zero attached hydrogens (tertiary/aromatic N) is 4. The lowest BCUT2D eigenvalue weighted by atomic mass is 9.90. The Kier molecular flexibility index (Phi) is 6.64. The van der Waals surface area contributed by atoms with E-state index in [1.165, 1.54) is 0 Å². The lowest BCUT2D eigenvalue weighted by Crippen LogP contribution is -2.41. The standard InChI is InChI=1S/C23H27ClN6O3/c1-14-9-25-22(27-15-7-8-33-12-15)28-20(14)30-10-19(26-13-30)21(32)29-23(2,3)17-5-4-6-18(24)16(17)11-31/h4-6,9-10,13,15,31H,7-8,11-12H2,1-3H3,(H,29,32)(H,25,27,28)/t15-/m0/s1. The van der Waals surface area contributed by atoms with E-state index in [9.17, 15) is 9.90 Å². The molecule has 0 radical (unpaired) electrons. The number of hydrogen-bond acceptors (Lipinski definition) is 7. The summed E-state index contributed by atoms with van der Waals surface area (Å²) in [7, 11) is 0. The van der Waals surface area contributed by atoms with Gasteiger partial charge in [-0.25, -0.2) is 9.97 Å². The number of aryl methyl sites for hydroxylation is 1. The van der Waals surface area contributed by atoms with Gasteiger partial charge >= 0.3 is 0 Å². The number of benzene rings is 1. The average Bonchev–Trinajstić information content (AvgIpc) is 3.47. The first-order chi connectivity index (χ1) is 15.8. The topological polar surface area (TPSA) is 114 Å². The second-order valence-corrected chi connectivity index (χ2v) is 8.98. The molecule has 3 aromatic rings. The molecule has 3 N–H and O–H groups in total. The summed E-state index contributed by atoms with van der Waals surface area (Å²) in [5, 5.41) is 16.5. The highest BCUT2D eigenvalue weighted by atomic mass is 35.5. The Labute approximate surface area is 197 Å². The van der Waals surface area contributed by atoms with Gasteiger partial charge in [0.1, 0.15) is 17.8 Å². The Morgan fingerprint density at radius 3 is 2.91 bits per heavy atom. The number of aliphatic hydroxyl groups is 1. The number of carbonyl (C=O) groups excluding carboxylic acids is 1. The van der Waals surface area contributed by atoms with Gasteiger partial charge in [-0.1, -0.05) is 23.7 Å². The van der Waals surface area contributed by atoms with Crippen LogP contribution in [0.25, 0.3) is 5.82 Å². The minimum Gasteiger partial charge on any atom is -0.392 e. The van der Waals surface area contributed by atoms with E-state index in [0.717, 1.165) is 24.2 Å². The summed E-state index contributed by atoms with van der Waals surface area (Å²) in [6, 6.07) is 5.52. The highest BCUT2D eigenvalue weighted by Gasteiger charge is 2.28. The highest BCUT2D eigenvalue weighted by Crippen LogP contribution is 2.29. The summed E-state index contributed by atoms with van der Waals surface area (Å²) < 4.78 is 7.09. The molecule has 1 aliphatic heterocycles. The molecule has 1 atom stereocenters. The zero-order chi connectivity index (χ0) is 23.6. The van der Waals surface area contributed by atoms with Crippen molar-refractivity contribution in [2.45, 2.75) is 45.4 Å². The summed E-state index contributed by atoms with van der Waals surface area (Å²) in [5.41, 5.74) is 1.63. The van der Waals surface area contributed by atoms with Crippen molar-refractivity contribution in [1.82, 2.24) is 24.8 Å². The fourth-order valence-electron chi connectivity index (χ4n) is 3.87. The van der Waals surface area contributed by atoms with Gasteiger partial charge < -0.3 is 20.5 Å². The first kappa shape index (κ1) is 23.2. The van der Waals surface area contributed by atoms with E-state index >= 15 is 0 Å². The molecular formula is C23H27ClN6O3. The number of imidazole rings is 1. The minimum absolute atomic E-state index is 0.183. The molecule has 1 fully saturated rings. The number of nitrogens with one attached hydrogen (secondary N) is 2. The van der Waals surface area contributed by atoms with Gasteiger partial charge in [-0.15, -0.1) is 0 Å². The lowest BCUT2D eigenvalue weighted by Gasteiger charge is -2.29. The second kappa shape index (κ2) is 9.46. The third-order valence-corrected chi connectivity index (χ3v) is 6.00. The van der Waals surface area contributed by atoms with Crippen molar-refractivity contribution < 1.29 is 14.6 Å². The fourth-order valence-corrected chi connectivity index (χ4v) is 4.11. The molecule has 0 saturated carbocycles. The molecule has 0 spiro atoms. The van der Waals surface area contributed by atoms with Crippen LogP contribution in [0.3, 0.4) is 0 Å². The van der Waals surface area contributed by atoms with Gasteiger partial charge in [0, 0.05) is 35.2 Å². The van der Waals surface area contributed by atoms with Crippen LogP contribution in [0.4, 0.5) is 5.95 Å². The number of carbonyl (C=O) groups is 1. The van der Waals surface area contributed by atoms with E-state index in [1.54, 1.807) is 35.4 Å². The quantitative estimate of drug-likeness (QED) is 0.486. The molecule has 0 unspecified atom stereocenters. The van der Waals surface area contributed by atoms with Crippen LogP contribution in [-0.2, 0) is 16.9 Å². The molecule has 0 aliphatic carbocycles. The fraction of sp³-hybridized carbons (Fsp3) is 0.391. The molecule has 2 aromatic heterocycles. The van der Waals surface area contributed by atoms with E-state index < -0.39 is 5.54 Å². The Balaban J connectivity index is 1.54. The number of ether oxygens (including phenoxy) is 1. The summed E-state index contributed by atoms with van der Waals surface area (Å²) in [5.74, 6) is 0.787. The van der Waals surface area contributed by atoms with Crippen molar-refractivity contribution in [3.8, 4) is 5.82 Å². The molecule has 0 bridgehead atoms. The maximum atomic E-state index is 13.0. The van der Waals surface area contributed by atoms with E-state index in [2.05, 4.69) is 25.6 Å². The van der Waals surface area contributed by atoms with Crippen LogP contribution < -0.4 is 10.6 Å². The normalized spacial score (nSPS) is 16.1. The number of aromatic nitrogens is 4. The first-order valence-electron chi connectivity index (χ1n) is 10.7. The molecule has 174 valence electrons. The van der Waals surface area contributed by atoms with Crippen LogP contribution in [0.5, 0.6) is 0 Å². The molecule has 1 aliphatic rings. The zero-order valence-electron chi connectivity index (χ0n) is 18.8. The molecule has 10 heteroatoms. The highest BCUT2D eigenvalue weighted by molar-refractivity contribution is 6.31. The largest absolute Gasteiger partial charge is 0.392 e. The van der Waals surface area contributed by atoms with E-state index in [4.69, 9.17) is 16.3 Å². The maximum Gasteiger partial charge on any atom is 0.272 e. The molecule has 9 nitrogen and oxygen atoms in total. The maximum absolute atomic E-state index is 13.0. The molecule has 3 heterocycles. The molecule has 4 rings (SSSR count). The summed E-state index contributed by atoms with van der Waals surface area (Å²) >= 11 is 6.23. The van der Waals surface area contributed by atoms with E-state index in [0.29, 0.717) is 29.0 Å². The smallest absolute Gasteiger partial charge is 0.272 e. The number of anilines is 1. The third-order valence-electron chi connectivity index (χ3n) is 5.64. The van der Waals surface area contributed by atoms with Gasteiger partial charge in [0.15, 0.2) is 0 Å². The zero-order valence-corrected chi connectivity index (χ0v) is 19.6. The van der Waals surface area contributed by atoms with Crippen molar-refractivity contribution in [1.29, 1.82) is 0 Å². The van der Waals surface area contributed by atoms with Crippen LogP contribution in [0, 0.1) is 6.92 Å². The summed E-state index contributed by atoms with van der Waals surface area (Å²) in [6.45, 7) is 6.73. The summed E-state index contributed by atoms with van der Waals surface area (Å²) in [6.07, 6.45) is 5.83. The SMILES string of the molecule is Cc1cnc(N[C@H]2CCOC2)nc1-n1cnc(C(=O)NC(C)(C)c2cccc(Cl)c2CO)c1.